The Morgan fingerprint density at radius 3 is 2.36 bits per heavy atom. The van der Waals surface area contributed by atoms with Crippen LogP contribution in [-0.2, 0) is 6.54 Å². The lowest BCUT2D eigenvalue weighted by atomic mass is 10.1. The van der Waals surface area contributed by atoms with Crippen molar-refractivity contribution in [3.05, 3.63) is 51.8 Å². The first kappa shape index (κ1) is 28.1. The van der Waals surface area contributed by atoms with Crippen LogP contribution in [0.15, 0.2) is 41.2 Å². The second kappa shape index (κ2) is 12.7. The number of methoxy groups -OCH3 is 2. The number of ether oxygens (including phenoxy) is 3. The highest BCUT2D eigenvalue weighted by Gasteiger charge is 2.20. The molecule has 206 valence electrons. The second-order valence-electron chi connectivity index (χ2n) is 8.51. The summed E-state index contributed by atoms with van der Waals surface area (Å²) >= 11 is 6.51. The average Bonchev–Trinajstić information content (AvgIpc) is 2.96. The standard InChI is InChI=1S/C27H32ClN7O4/c1-6-34(7-2)13-14-39-18-11-9-17(10-12-18)29-27-31-24-21(32-33-27)15-20(26(36)35(24)8-3)19-16-22(37-4)30-25(38-5)23(19)28/h9-12,15-16H,6-8,13-14H2,1-5H3,(H,29,31,33). The van der Waals surface area contributed by atoms with Gasteiger partial charge in [0.2, 0.25) is 17.7 Å². The molecule has 39 heavy (non-hydrogen) atoms. The number of nitrogens with zero attached hydrogens (tertiary/aromatic N) is 6. The molecule has 0 aliphatic carbocycles. The summed E-state index contributed by atoms with van der Waals surface area (Å²) in [5.41, 5.74) is 2.01. The number of benzene rings is 1. The molecule has 0 radical (unpaired) electrons. The number of pyridine rings is 2. The van der Waals surface area contributed by atoms with Crippen molar-refractivity contribution in [2.75, 3.05) is 45.8 Å². The van der Waals surface area contributed by atoms with E-state index in [1.807, 2.05) is 31.2 Å². The maximum Gasteiger partial charge on any atom is 0.260 e. The molecule has 0 spiro atoms. The van der Waals surface area contributed by atoms with Gasteiger partial charge in [-0.1, -0.05) is 25.4 Å². The van der Waals surface area contributed by atoms with E-state index in [0.29, 0.717) is 35.4 Å². The summed E-state index contributed by atoms with van der Waals surface area (Å²) in [4.78, 5) is 24.6. The van der Waals surface area contributed by atoms with Crippen molar-refractivity contribution in [2.24, 2.45) is 0 Å². The number of fused-ring (bicyclic) bond motifs is 1. The highest BCUT2D eigenvalue weighted by Crippen LogP contribution is 2.36. The molecule has 11 nitrogen and oxygen atoms in total. The molecule has 0 unspecified atom stereocenters. The number of aryl methyl sites for hydroxylation is 1. The number of nitrogens with one attached hydrogen (secondary N) is 1. The predicted molar refractivity (Wildman–Crippen MR) is 152 cm³/mol. The van der Waals surface area contributed by atoms with Crippen molar-refractivity contribution in [3.63, 3.8) is 0 Å². The first-order chi connectivity index (χ1) is 18.9. The summed E-state index contributed by atoms with van der Waals surface area (Å²) in [6.07, 6.45) is 0. The lowest BCUT2D eigenvalue weighted by molar-refractivity contribution is 0.223. The Labute approximate surface area is 231 Å². The molecule has 12 heteroatoms. The fourth-order valence-corrected chi connectivity index (χ4v) is 4.39. The molecule has 3 heterocycles. The molecule has 0 aliphatic rings. The third-order valence-corrected chi connectivity index (χ3v) is 6.66. The Balaban J connectivity index is 1.60. The van der Waals surface area contributed by atoms with Gasteiger partial charge in [0.15, 0.2) is 5.65 Å². The first-order valence-corrected chi connectivity index (χ1v) is 13.1. The normalized spacial score (nSPS) is 11.2. The summed E-state index contributed by atoms with van der Waals surface area (Å²) in [6.45, 7) is 9.97. The predicted octanol–water partition coefficient (Wildman–Crippen LogP) is 4.40. The lowest BCUT2D eigenvalue weighted by Crippen LogP contribution is -2.27. The molecule has 1 N–H and O–H groups in total. The Bertz CT molecular complexity index is 1490. The van der Waals surface area contributed by atoms with Crippen LogP contribution in [0.1, 0.15) is 20.8 Å². The second-order valence-corrected chi connectivity index (χ2v) is 8.89. The first-order valence-electron chi connectivity index (χ1n) is 12.7. The van der Waals surface area contributed by atoms with Gasteiger partial charge in [0.05, 0.1) is 19.8 Å². The summed E-state index contributed by atoms with van der Waals surface area (Å²) in [5, 5.41) is 11.9. The number of hydrogen-bond acceptors (Lipinski definition) is 10. The van der Waals surface area contributed by atoms with Crippen molar-refractivity contribution < 1.29 is 14.2 Å². The van der Waals surface area contributed by atoms with Gasteiger partial charge in [-0.2, -0.15) is 9.97 Å². The van der Waals surface area contributed by atoms with Crippen molar-refractivity contribution in [2.45, 2.75) is 27.3 Å². The zero-order valence-corrected chi connectivity index (χ0v) is 23.4. The highest BCUT2D eigenvalue weighted by molar-refractivity contribution is 6.34. The number of halogens is 1. The summed E-state index contributed by atoms with van der Waals surface area (Å²) in [6, 6.07) is 10.7. The summed E-state index contributed by atoms with van der Waals surface area (Å²) < 4.78 is 17.9. The Morgan fingerprint density at radius 2 is 1.72 bits per heavy atom. The SMILES string of the molecule is CCN(CC)CCOc1ccc(Nc2nnc3cc(-c4cc(OC)nc(OC)c4Cl)c(=O)n(CC)c3n2)cc1. The van der Waals surface area contributed by atoms with Crippen molar-refractivity contribution in [1.29, 1.82) is 0 Å². The highest BCUT2D eigenvalue weighted by atomic mass is 35.5. The van der Waals surface area contributed by atoms with Gasteiger partial charge in [0.25, 0.3) is 5.56 Å². The van der Waals surface area contributed by atoms with Gasteiger partial charge in [0, 0.05) is 30.4 Å². The summed E-state index contributed by atoms with van der Waals surface area (Å²) in [5.74, 6) is 1.45. The fraction of sp³-hybridized carbons (Fsp3) is 0.370. The summed E-state index contributed by atoms with van der Waals surface area (Å²) in [7, 11) is 2.92. The Kier molecular flexibility index (Phi) is 9.15. The monoisotopic (exact) mass is 553 g/mol. The van der Waals surface area contributed by atoms with Gasteiger partial charge in [-0.05, 0) is 50.3 Å². The average molecular weight is 554 g/mol. The number of hydrogen-bond donors (Lipinski definition) is 1. The molecule has 0 fully saturated rings. The third-order valence-electron chi connectivity index (χ3n) is 6.30. The number of likely N-dealkylation sites (N-methyl/N-ethyl adjacent to an activating group) is 1. The maximum absolute atomic E-state index is 13.5. The van der Waals surface area contributed by atoms with Crippen LogP contribution >= 0.6 is 11.6 Å². The van der Waals surface area contributed by atoms with E-state index in [2.05, 4.69) is 44.2 Å². The minimum atomic E-state index is -0.292. The Hall–Kier alpha value is -3.96. The van der Waals surface area contributed by atoms with Crippen molar-refractivity contribution >= 4 is 34.4 Å². The third kappa shape index (κ3) is 6.21. The van der Waals surface area contributed by atoms with E-state index in [-0.39, 0.29) is 28.3 Å². The number of anilines is 2. The molecule has 4 aromatic rings. The largest absolute Gasteiger partial charge is 0.492 e. The van der Waals surface area contributed by atoms with E-state index < -0.39 is 0 Å². The van der Waals surface area contributed by atoms with Crippen LogP contribution in [0.3, 0.4) is 0 Å². The van der Waals surface area contributed by atoms with Gasteiger partial charge in [0.1, 0.15) is 22.9 Å². The van der Waals surface area contributed by atoms with Crippen LogP contribution in [0, 0.1) is 0 Å². The zero-order valence-electron chi connectivity index (χ0n) is 22.7. The molecular formula is C27H32ClN7O4. The van der Waals surface area contributed by atoms with Gasteiger partial charge in [-0.15, -0.1) is 10.2 Å². The topological polar surface area (TPSA) is 117 Å². The van der Waals surface area contributed by atoms with E-state index in [1.165, 1.54) is 18.8 Å². The van der Waals surface area contributed by atoms with Gasteiger partial charge in [-0.25, -0.2) is 0 Å². The van der Waals surface area contributed by atoms with Crippen molar-refractivity contribution in [1.82, 2.24) is 29.6 Å². The fourth-order valence-electron chi connectivity index (χ4n) is 4.11. The molecule has 4 rings (SSSR count). The molecule has 0 aliphatic heterocycles. The van der Waals surface area contributed by atoms with Gasteiger partial charge >= 0.3 is 0 Å². The quantitative estimate of drug-likeness (QED) is 0.270. The van der Waals surface area contributed by atoms with E-state index >= 15 is 0 Å². The van der Waals surface area contributed by atoms with Crippen molar-refractivity contribution in [3.8, 4) is 28.6 Å². The van der Waals surface area contributed by atoms with Crippen LogP contribution in [0.4, 0.5) is 11.6 Å². The number of rotatable bonds is 12. The van der Waals surface area contributed by atoms with E-state index in [4.69, 9.17) is 25.8 Å². The Morgan fingerprint density at radius 1 is 0.974 bits per heavy atom. The smallest absolute Gasteiger partial charge is 0.260 e. The van der Waals surface area contributed by atoms with Crippen LogP contribution in [0.25, 0.3) is 22.3 Å². The molecule has 0 saturated heterocycles. The van der Waals surface area contributed by atoms with E-state index in [1.54, 1.807) is 12.1 Å². The maximum atomic E-state index is 13.5. The van der Waals surface area contributed by atoms with Crippen LogP contribution in [0.2, 0.25) is 5.02 Å². The van der Waals surface area contributed by atoms with Gasteiger partial charge in [-0.3, -0.25) is 9.36 Å². The minimum absolute atomic E-state index is 0.151. The van der Waals surface area contributed by atoms with Crippen LogP contribution in [-0.4, -0.2) is 70.1 Å². The molecule has 0 bridgehead atoms. The zero-order chi connectivity index (χ0) is 27.9. The van der Waals surface area contributed by atoms with Crippen LogP contribution < -0.4 is 25.1 Å². The molecule has 0 saturated carbocycles. The van der Waals surface area contributed by atoms with Crippen LogP contribution in [0.5, 0.6) is 17.5 Å². The molecule has 0 amide bonds. The molecule has 0 atom stereocenters. The molecular weight excluding hydrogens is 522 g/mol. The van der Waals surface area contributed by atoms with E-state index in [0.717, 1.165) is 31.1 Å². The molecule has 1 aromatic carbocycles. The minimum Gasteiger partial charge on any atom is -0.492 e. The lowest BCUT2D eigenvalue weighted by Gasteiger charge is -2.18. The molecule has 3 aromatic heterocycles. The number of aromatic nitrogens is 5. The van der Waals surface area contributed by atoms with Gasteiger partial charge < -0.3 is 24.4 Å². The van der Waals surface area contributed by atoms with E-state index in [9.17, 15) is 4.79 Å².